The van der Waals surface area contributed by atoms with Crippen LogP contribution >= 0.6 is 11.6 Å². The molecular weight excluding hydrogens is 230 g/mol. The number of carbonyl (C=O) groups is 1. The van der Waals surface area contributed by atoms with Crippen LogP contribution < -0.4 is 10.5 Å². The van der Waals surface area contributed by atoms with Crippen LogP contribution in [0, 0.1) is 0 Å². The standard InChI is InChI=1S/C11H14ClNO3/c1-6(13)8-3-4-10(9(12)5-8)16-7(2)11(14)15/h3-7H,13H2,1-2H3,(H,14,15). The van der Waals surface area contributed by atoms with Gasteiger partial charge in [0.1, 0.15) is 5.75 Å². The molecule has 2 unspecified atom stereocenters. The molecule has 1 rings (SSSR count). The summed E-state index contributed by atoms with van der Waals surface area (Å²) < 4.78 is 5.17. The fraction of sp³-hybridized carbons (Fsp3) is 0.364. The maximum Gasteiger partial charge on any atom is 0.344 e. The van der Waals surface area contributed by atoms with Gasteiger partial charge in [-0.2, -0.15) is 0 Å². The van der Waals surface area contributed by atoms with Gasteiger partial charge in [-0.05, 0) is 31.5 Å². The lowest BCUT2D eigenvalue weighted by molar-refractivity contribution is -0.144. The van der Waals surface area contributed by atoms with E-state index in [1.807, 2.05) is 6.92 Å². The molecule has 1 aromatic carbocycles. The van der Waals surface area contributed by atoms with Crippen LogP contribution in [0.3, 0.4) is 0 Å². The number of hydrogen-bond acceptors (Lipinski definition) is 3. The van der Waals surface area contributed by atoms with Crippen molar-refractivity contribution in [3.63, 3.8) is 0 Å². The van der Waals surface area contributed by atoms with Gasteiger partial charge in [-0.3, -0.25) is 0 Å². The summed E-state index contributed by atoms with van der Waals surface area (Å²) in [4.78, 5) is 10.6. The molecule has 16 heavy (non-hydrogen) atoms. The molecule has 4 nitrogen and oxygen atoms in total. The van der Waals surface area contributed by atoms with Crippen LogP contribution in [0.15, 0.2) is 18.2 Å². The monoisotopic (exact) mass is 243 g/mol. The maximum absolute atomic E-state index is 10.6. The Morgan fingerprint density at radius 1 is 1.50 bits per heavy atom. The molecule has 1 aromatic rings. The Balaban J connectivity index is 2.87. The molecule has 0 saturated heterocycles. The number of hydrogen-bond donors (Lipinski definition) is 2. The molecule has 0 radical (unpaired) electrons. The third-order valence-electron chi connectivity index (χ3n) is 2.13. The number of nitrogens with two attached hydrogens (primary N) is 1. The van der Waals surface area contributed by atoms with Crippen LogP contribution in [0.4, 0.5) is 0 Å². The first-order valence-corrected chi connectivity index (χ1v) is 5.24. The molecule has 0 heterocycles. The molecule has 5 heteroatoms. The molecule has 0 spiro atoms. The van der Waals surface area contributed by atoms with Crippen molar-refractivity contribution in [1.29, 1.82) is 0 Å². The smallest absolute Gasteiger partial charge is 0.344 e. The highest BCUT2D eigenvalue weighted by Gasteiger charge is 2.14. The Morgan fingerprint density at radius 3 is 2.56 bits per heavy atom. The number of carboxylic acid groups (broad SMARTS) is 1. The van der Waals surface area contributed by atoms with E-state index in [9.17, 15) is 4.79 Å². The Morgan fingerprint density at radius 2 is 2.12 bits per heavy atom. The van der Waals surface area contributed by atoms with Gasteiger partial charge < -0.3 is 15.6 Å². The van der Waals surface area contributed by atoms with E-state index in [0.717, 1.165) is 5.56 Å². The number of benzene rings is 1. The van der Waals surface area contributed by atoms with Gasteiger partial charge in [0.2, 0.25) is 0 Å². The molecule has 0 saturated carbocycles. The molecule has 88 valence electrons. The lowest BCUT2D eigenvalue weighted by Crippen LogP contribution is -2.23. The minimum atomic E-state index is -1.03. The Labute approximate surface area is 99.0 Å². The van der Waals surface area contributed by atoms with Crippen LogP contribution in [0.5, 0.6) is 5.75 Å². The Bertz CT molecular complexity index is 393. The van der Waals surface area contributed by atoms with Crippen molar-refractivity contribution in [2.75, 3.05) is 0 Å². The second-order valence-corrected chi connectivity index (χ2v) is 3.98. The van der Waals surface area contributed by atoms with Gasteiger partial charge in [-0.15, -0.1) is 0 Å². The summed E-state index contributed by atoms with van der Waals surface area (Å²) in [6, 6.07) is 4.94. The van der Waals surface area contributed by atoms with Crippen molar-refractivity contribution in [3.05, 3.63) is 28.8 Å². The highest BCUT2D eigenvalue weighted by atomic mass is 35.5. The molecule has 0 bridgehead atoms. The van der Waals surface area contributed by atoms with Crippen molar-refractivity contribution in [3.8, 4) is 5.75 Å². The topological polar surface area (TPSA) is 72.5 Å². The van der Waals surface area contributed by atoms with E-state index in [1.165, 1.54) is 6.92 Å². The largest absolute Gasteiger partial charge is 0.479 e. The SMILES string of the molecule is CC(Oc1ccc(C(C)N)cc1Cl)C(=O)O. The van der Waals surface area contributed by atoms with Crippen molar-refractivity contribution in [2.24, 2.45) is 5.73 Å². The lowest BCUT2D eigenvalue weighted by Gasteiger charge is -2.13. The Hall–Kier alpha value is -1.26. The van der Waals surface area contributed by atoms with Crippen LogP contribution in [-0.2, 0) is 4.79 Å². The minimum Gasteiger partial charge on any atom is -0.479 e. The Kier molecular flexibility index (Phi) is 4.15. The van der Waals surface area contributed by atoms with E-state index in [0.29, 0.717) is 10.8 Å². The predicted molar refractivity (Wildman–Crippen MR) is 61.8 cm³/mol. The fourth-order valence-electron chi connectivity index (χ4n) is 1.14. The summed E-state index contributed by atoms with van der Waals surface area (Å²) in [5.41, 5.74) is 6.56. The minimum absolute atomic E-state index is 0.122. The highest BCUT2D eigenvalue weighted by Crippen LogP contribution is 2.28. The molecule has 0 fully saturated rings. The van der Waals surface area contributed by atoms with Gasteiger partial charge in [0.05, 0.1) is 5.02 Å². The van der Waals surface area contributed by atoms with E-state index in [1.54, 1.807) is 18.2 Å². The van der Waals surface area contributed by atoms with Gasteiger partial charge in [0, 0.05) is 6.04 Å². The predicted octanol–water partition coefficient (Wildman–Crippen LogP) is 2.21. The summed E-state index contributed by atoms with van der Waals surface area (Å²) in [7, 11) is 0. The zero-order valence-corrected chi connectivity index (χ0v) is 9.86. The normalized spacial score (nSPS) is 14.2. The van der Waals surface area contributed by atoms with Gasteiger partial charge in [-0.1, -0.05) is 17.7 Å². The number of carboxylic acids is 1. The second-order valence-electron chi connectivity index (χ2n) is 3.58. The molecule has 0 aliphatic carbocycles. The summed E-state index contributed by atoms with van der Waals surface area (Å²) in [5.74, 6) is -0.687. The highest BCUT2D eigenvalue weighted by molar-refractivity contribution is 6.32. The second kappa shape index (κ2) is 5.18. The quantitative estimate of drug-likeness (QED) is 0.851. The van der Waals surface area contributed by atoms with E-state index in [2.05, 4.69) is 0 Å². The summed E-state index contributed by atoms with van der Waals surface area (Å²) in [6.07, 6.45) is -0.932. The van der Waals surface area contributed by atoms with Crippen molar-refractivity contribution < 1.29 is 14.6 Å². The van der Waals surface area contributed by atoms with Crippen LogP contribution in [-0.4, -0.2) is 17.2 Å². The van der Waals surface area contributed by atoms with Gasteiger partial charge in [-0.25, -0.2) is 4.79 Å². The summed E-state index contributed by atoms with van der Waals surface area (Å²) >= 11 is 5.95. The molecule has 0 aromatic heterocycles. The van der Waals surface area contributed by atoms with Crippen LogP contribution in [0.1, 0.15) is 25.5 Å². The average Bonchev–Trinajstić information content (AvgIpc) is 2.20. The van der Waals surface area contributed by atoms with Crippen molar-refractivity contribution in [2.45, 2.75) is 26.0 Å². The maximum atomic E-state index is 10.6. The molecular formula is C11H14ClNO3. The van der Waals surface area contributed by atoms with Gasteiger partial charge >= 0.3 is 5.97 Å². The molecule has 0 aliphatic rings. The number of halogens is 1. The van der Waals surface area contributed by atoms with E-state index >= 15 is 0 Å². The van der Waals surface area contributed by atoms with E-state index in [4.69, 9.17) is 27.2 Å². The van der Waals surface area contributed by atoms with E-state index < -0.39 is 12.1 Å². The summed E-state index contributed by atoms with van der Waals surface area (Å²) in [5, 5.41) is 9.05. The average molecular weight is 244 g/mol. The zero-order valence-electron chi connectivity index (χ0n) is 9.11. The third kappa shape index (κ3) is 3.12. The molecule has 2 atom stereocenters. The zero-order chi connectivity index (χ0) is 12.3. The van der Waals surface area contributed by atoms with Crippen LogP contribution in [0.2, 0.25) is 5.02 Å². The number of aliphatic carboxylic acids is 1. The number of rotatable bonds is 4. The lowest BCUT2D eigenvalue weighted by atomic mass is 10.1. The first-order chi connectivity index (χ1) is 7.41. The van der Waals surface area contributed by atoms with Crippen molar-refractivity contribution >= 4 is 17.6 Å². The van der Waals surface area contributed by atoms with Gasteiger partial charge in [0.15, 0.2) is 6.10 Å². The molecule has 0 amide bonds. The third-order valence-corrected chi connectivity index (χ3v) is 2.43. The summed E-state index contributed by atoms with van der Waals surface area (Å²) in [6.45, 7) is 3.28. The van der Waals surface area contributed by atoms with Crippen LogP contribution in [0.25, 0.3) is 0 Å². The molecule has 0 aliphatic heterocycles. The first kappa shape index (κ1) is 12.8. The van der Waals surface area contributed by atoms with E-state index in [-0.39, 0.29) is 6.04 Å². The van der Waals surface area contributed by atoms with Crippen molar-refractivity contribution in [1.82, 2.24) is 0 Å². The molecule has 3 N–H and O–H groups in total. The van der Waals surface area contributed by atoms with Gasteiger partial charge in [0.25, 0.3) is 0 Å². The first-order valence-electron chi connectivity index (χ1n) is 4.86. The number of ether oxygens (including phenoxy) is 1. The fourth-order valence-corrected chi connectivity index (χ4v) is 1.37.